The van der Waals surface area contributed by atoms with E-state index in [0.717, 1.165) is 6.26 Å². The van der Waals surface area contributed by atoms with Crippen molar-refractivity contribution >= 4 is 27.3 Å². The number of nitrogens with zero attached hydrogens (tertiary/aromatic N) is 1. The van der Waals surface area contributed by atoms with Crippen LogP contribution in [0.2, 0.25) is 0 Å². The average Bonchev–Trinajstić information content (AvgIpc) is 2.55. The maximum Gasteiger partial charge on any atom is 0.269 e. The molecule has 9 heteroatoms. The van der Waals surface area contributed by atoms with Gasteiger partial charge >= 0.3 is 0 Å². The number of sulfonamides is 1. The van der Waals surface area contributed by atoms with Gasteiger partial charge in [0, 0.05) is 17.7 Å². The summed E-state index contributed by atoms with van der Waals surface area (Å²) in [7, 11) is -3.47. The summed E-state index contributed by atoms with van der Waals surface area (Å²) in [6, 6.07) is 10.2. The summed E-state index contributed by atoms with van der Waals surface area (Å²) < 4.78 is 25.2. The third-order valence-electron chi connectivity index (χ3n) is 3.72. The topological polar surface area (TPSA) is 118 Å². The van der Waals surface area contributed by atoms with Crippen LogP contribution in [0.25, 0.3) is 0 Å². The molecule has 2 N–H and O–H groups in total. The van der Waals surface area contributed by atoms with Crippen LogP contribution in [-0.2, 0) is 10.0 Å². The van der Waals surface area contributed by atoms with Crippen molar-refractivity contribution in [1.82, 2.24) is 5.32 Å². The highest BCUT2D eigenvalue weighted by molar-refractivity contribution is 7.92. The maximum atomic E-state index is 12.5. The molecule has 1 atom stereocenters. The first-order valence-corrected chi connectivity index (χ1v) is 9.59. The van der Waals surface area contributed by atoms with Crippen molar-refractivity contribution in [2.24, 2.45) is 0 Å². The van der Waals surface area contributed by atoms with Crippen LogP contribution in [0.1, 0.15) is 34.5 Å². The molecule has 0 aromatic heterocycles. The SMILES string of the molecule is Cc1ccc(C(=O)NC(C)c2cccc([N+](=O)[O-])c2)cc1NS(C)(=O)=O. The van der Waals surface area contributed by atoms with Gasteiger partial charge in [0.2, 0.25) is 10.0 Å². The van der Waals surface area contributed by atoms with Gasteiger partial charge in [-0.15, -0.1) is 0 Å². The molecule has 0 fully saturated rings. The zero-order valence-corrected chi connectivity index (χ0v) is 15.3. The minimum absolute atomic E-state index is 0.0569. The fourth-order valence-corrected chi connectivity index (χ4v) is 2.96. The second-order valence-electron chi connectivity index (χ2n) is 5.95. The first kappa shape index (κ1) is 19.4. The highest BCUT2D eigenvalue weighted by Crippen LogP contribution is 2.21. The number of aryl methyl sites for hydroxylation is 1. The minimum atomic E-state index is -3.47. The Morgan fingerprint density at radius 2 is 1.88 bits per heavy atom. The Morgan fingerprint density at radius 1 is 1.19 bits per heavy atom. The fraction of sp³-hybridized carbons (Fsp3) is 0.235. The highest BCUT2D eigenvalue weighted by atomic mass is 32.2. The van der Waals surface area contributed by atoms with E-state index in [0.29, 0.717) is 16.8 Å². The summed E-state index contributed by atoms with van der Waals surface area (Å²) in [4.78, 5) is 22.8. The molecule has 138 valence electrons. The number of rotatable bonds is 6. The number of non-ortho nitro benzene ring substituents is 1. The first-order chi connectivity index (χ1) is 12.1. The molecule has 0 spiro atoms. The van der Waals surface area contributed by atoms with Crippen LogP contribution in [0.3, 0.4) is 0 Å². The molecule has 0 aliphatic carbocycles. The van der Waals surface area contributed by atoms with Gasteiger partial charge in [-0.2, -0.15) is 0 Å². The van der Waals surface area contributed by atoms with E-state index in [1.54, 1.807) is 38.1 Å². The Hall–Kier alpha value is -2.94. The highest BCUT2D eigenvalue weighted by Gasteiger charge is 2.16. The minimum Gasteiger partial charge on any atom is -0.346 e. The van der Waals surface area contributed by atoms with Crippen LogP contribution in [0.4, 0.5) is 11.4 Å². The number of nitrogens with one attached hydrogen (secondary N) is 2. The molecule has 2 aromatic carbocycles. The van der Waals surface area contributed by atoms with E-state index in [1.165, 1.54) is 18.2 Å². The third-order valence-corrected chi connectivity index (χ3v) is 4.31. The van der Waals surface area contributed by atoms with Crippen molar-refractivity contribution in [2.45, 2.75) is 19.9 Å². The van der Waals surface area contributed by atoms with Crippen LogP contribution in [-0.4, -0.2) is 25.5 Å². The normalized spacial score (nSPS) is 12.3. The Bertz CT molecular complexity index is 957. The van der Waals surface area contributed by atoms with Gasteiger partial charge in [0.25, 0.3) is 11.6 Å². The first-order valence-electron chi connectivity index (χ1n) is 7.70. The molecule has 2 rings (SSSR count). The lowest BCUT2D eigenvalue weighted by Gasteiger charge is -2.15. The van der Waals surface area contributed by atoms with Gasteiger partial charge in [-0.25, -0.2) is 8.42 Å². The lowest BCUT2D eigenvalue weighted by atomic mass is 10.1. The van der Waals surface area contributed by atoms with Crippen LogP contribution >= 0.6 is 0 Å². The number of nitro groups is 1. The van der Waals surface area contributed by atoms with Gasteiger partial charge in [0.05, 0.1) is 22.9 Å². The number of amides is 1. The summed E-state index contributed by atoms with van der Waals surface area (Å²) in [5.41, 5.74) is 1.81. The second-order valence-corrected chi connectivity index (χ2v) is 7.70. The molecule has 8 nitrogen and oxygen atoms in total. The zero-order chi connectivity index (χ0) is 19.5. The van der Waals surface area contributed by atoms with E-state index in [-0.39, 0.29) is 11.3 Å². The molecule has 0 radical (unpaired) electrons. The number of nitro benzene ring substituents is 1. The largest absolute Gasteiger partial charge is 0.346 e. The van der Waals surface area contributed by atoms with Crippen molar-refractivity contribution in [3.05, 3.63) is 69.3 Å². The molecule has 0 heterocycles. The van der Waals surface area contributed by atoms with Crippen molar-refractivity contribution in [2.75, 3.05) is 11.0 Å². The van der Waals surface area contributed by atoms with E-state index in [1.807, 2.05) is 0 Å². The van der Waals surface area contributed by atoms with Crippen molar-refractivity contribution in [3.8, 4) is 0 Å². The Morgan fingerprint density at radius 3 is 2.50 bits per heavy atom. The average molecular weight is 377 g/mol. The van der Waals surface area contributed by atoms with Gasteiger partial charge in [-0.05, 0) is 37.1 Å². The molecule has 0 aliphatic heterocycles. The molecule has 0 aliphatic rings. The lowest BCUT2D eigenvalue weighted by Crippen LogP contribution is -2.26. The number of hydrogen-bond donors (Lipinski definition) is 2. The fourth-order valence-electron chi connectivity index (χ4n) is 2.34. The van der Waals surface area contributed by atoms with Crippen molar-refractivity contribution in [1.29, 1.82) is 0 Å². The molecule has 1 amide bonds. The van der Waals surface area contributed by atoms with Gasteiger partial charge in [0.1, 0.15) is 0 Å². The maximum absolute atomic E-state index is 12.5. The molecule has 1 unspecified atom stereocenters. The lowest BCUT2D eigenvalue weighted by molar-refractivity contribution is -0.384. The second kappa shape index (κ2) is 7.52. The van der Waals surface area contributed by atoms with Crippen LogP contribution in [0.5, 0.6) is 0 Å². The third kappa shape index (κ3) is 5.03. The number of hydrogen-bond acceptors (Lipinski definition) is 5. The Balaban J connectivity index is 2.20. The standard InChI is InChI=1S/C17H19N3O5S/c1-11-7-8-14(10-16(11)19-26(3,24)25)17(21)18-12(2)13-5-4-6-15(9-13)20(22)23/h4-10,12,19H,1-3H3,(H,18,21). The zero-order valence-electron chi connectivity index (χ0n) is 14.5. The molecular formula is C17H19N3O5S. The summed E-state index contributed by atoms with van der Waals surface area (Å²) in [5.74, 6) is -0.416. The smallest absolute Gasteiger partial charge is 0.269 e. The number of carbonyl (C=O) groups is 1. The number of carbonyl (C=O) groups excluding carboxylic acids is 1. The van der Waals surface area contributed by atoms with E-state index >= 15 is 0 Å². The quantitative estimate of drug-likeness (QED) is 0.593. The van der Waals surface area contributed by atoms with E-state index in [2.05, 4.69) is 10.0 Å². The summed E-state index contributed by atoms with van der Waals surface area (Å²) >= 11 is 0. The van der Waals surface area contributed by atoms with Crippen LogP contribution in [0.15, 0.2) is 42.5 Å². The van der Waals surface area contributed by atoms with Gasteiger partial charge in [-0.1, -0.05) is 18.2 Å². The molecule has 0 bridgehead atoms. The van der Waals surface area contributed by atoms with Crippen LogP contribution in [0, 0.1) is 17.0 Å². The van der Waals surface area contributed by atoms with Crippen molar-refractivity contribution in [3.63, 3.8) is 0 Å². The van der Waals surface area contributed by atoms with Gasteiger partial charge in [-0.3, -0.25) is 19.6 Å². The molecule has 0 saturated carbocycles. The van der Waals surface area contributed by atoms with E-state index in [4.69, 9.17) is 0 Å². The van der Waals surface area contributed by atoms with Gasteiger partial charge < -0.3 is 5.32 Å². The van der Waals surface area contributed by atoms with E-state index in [9.17, 15) is 23.3 Å². The summed E-state index contributed by atoms with van der Waals surface area (Å²) in [5, 5.41) is 13.6. The number of benzene rings is 2. The Kier molecular flexibility index (Phi) is 5.61. The molecular weight excluding hydrogens is 358 g/mol. The van der Waals surface area contributed by atoms with E-state index < -0.39 is 26.9 Å². The van der Waals surface area contributed by atoms with Crippen molar-refractivity contribution < 1.29 is 18.1 Å². The molecule has 0 saturated heterocycles. The predicted octanol–water partition coefficient (Wildman–Crippen LogP) is 2.77. The number of anilines is 1. The predicted molar refractivity (Wildman–Crippen MR) is 98.6 cm³/mol. The molecule has 26 heavy (non-hydrogen) atoms. The summed E-state index contributed by atoms with van der Waals surface area (Å²) in [6.45, 7) is 3.43. The Labute approximate surface area is 151 Å². The van der Waals surface area contributed by atoms with Gasteiger partial charge in [0.15, 0.2) is 0 Å². The molecule has 2 aromatic rings. The van der Waals surface area contributed by atoms with Crippen LogP contribution < -0.4 is 10.0 Å². The summed E-state index contributed by atoms with van der Waals surface area (Å²) in [6.07, 6.45) is 1.03. The monoisotopic (exact) mass is 377 g/mol.